The molecule has 0 bridgehead atoms. The van der Waals surface area contributed by atoms with Gasteiger partial charge < -0.3 is 15.5 Å². The summed E-state index contributed by atoms with van der Waals surface area (Å²) in [5.41, 5.74) is 6.11. The highest BCUT2D eigenvalue weighted by Crippen LogP contribution is 2.23. The van der Waals surface area contributed by atoms with Gasteiger partial charge in [0, 0.05) is 8.59 Å². The lowest BCUT2D eigenvalue weighted by molar-refractivity contribution is 0.0995. The largest absolute Gasteiger partial charge is 0.455 e. The smallest absolute Gasteiger partial charge is 0.291 e. The molecule has 0 aliphatic carbocycles. The Labute approximate surface area is 123 Å². The van der Waals surface area contributed by atoms with Gasteiger partial charge in [-0.15, -0.1) is 0 Å². The van der Waals surface area contributed by atoms with E-state index in [4.69, 9.17) is 21.8 Å². The van der Waals surface area contributed by atoms with Crippen LogP contribution in [-0.4, -0.2) is 5.91 Å². The summed E-state index contributed by atoms with van der Waals surface area (Å²) in [5.74, 6) is 0.502. The molecule has 6 heteroatoms. The molecule has 0 saturated heterocycles. The van der Waals surface area contributed by atoms with Crippen molar-refractivity contribution < 1.29 is 9.21 Å². The predicted octanol–water partition coefficient (Wildman–Crippen LogP) is 3.25. The fourth-order valence-electron chi connectivity index (χ4n) is 1.38. The van der Waals surface area contributed by atoms with E-state index in [1.54, 1.807) is 30.3 Å². The zero-order valence-electron chi connectivity index (χ0n) is 9.24. The molecule has 94 valence electrons. The molecule has 2 aromatic rings. The van der Waals surface area contributed by atoms with Gasteiger partial charge in [-0.1, -0.05) is 11.6 Å². The number of nitrogens with two attached hydrogens (primary N) is 1. The number of carbonyl (C=O) groups is 1. The van der Waals surface area contributed by atoms with E-state index in [9.17, 15) is 4.79 Å². The van der Waals surface area contributed by atoms with E-state index in [1.165, 1.54) is 0 Å². The molecular weight excluding hydrogens is 367 g/mol. The first-order valence-corrected chi connectivity index (χ1v) is 6.61. The van der Waals surface area contributed by atoms with E-state index in [-0.39, 0.29) is 18.2 Å². The summed E-state index contributed by atoms with van der Waals surface area (Å²) in [7, 11) is 0. The number of rotatable bonds is 3. The lowest BCUT2D eigenvalue weighted by atomic mass is 10.3. The van der Waals surface area contributed by atoms with Crippen LogP contribution in [0.25, 0.3) is 0 Å². The summed E-state index contributed by atoms with van der Waals surface area (Å²) < 4.78 is 6.13. The number of amides is 1. The van der Waals surface area contributed by atoms with Crippen LogP contribution in [0.15, 0.2) is 34.7 Å². The molecule has 1 heterocycles. The number of carbonyl (C=O) groups excluding carboxylic acids is 1. The Balaban J connectivity index is 2.16. The van der Waals surface area contributed by atoms with Gasteiger partial charge >= 0.3 is 0 Å². The zero-order valence-corrected chi connectivity index (χ0v) is 12.2. The van der Waals surface area contributed by atoms with Gasteiger partial charge in [-0.2, -0.15) is 0 Å². The molecule has 0 aliphatic heterocycles. The Morgan fingerprint density at radius 3 is 2.78 bits per heavy atom. The van der Waals surface area contributed by atoms with Crippen LogP contribution in [0.5, 0.6) is 0 Å². The van der Waals surface area contributed by atoms with Gasteiger partial charge in [-0.05, 0) is 52.9 Å². The Kier molecular flexibility index (Phi) is 4.26. The highest BCUT2D eigenvalue weighted by molar-refractivity contribution is 14.1. The van der Waals surface area contributed by atoms with Crippen molar-refractivity contribution in [3.63, 3.8) is 0 Å². The van der Waals surface area contributed by atoms with Gasteiger partial charge in [0.05, 0.1) is 12.2 Å². The Morgan fingerprint density at radius 2 is 2.17 bits per heavy atom. The third kappa shape index (κ3) is 3.04. The van der Waals surface area contributed by atoms with Crippen molar-refractivity contribution in [3.8, 4) is 0 Å². The van der Waals surface area contributed by atoms with Crippen LogP contribution >= 0.6 is 34.2 Å². The molecule has 1 aromatic carbocycles. The summed E-state index contributed by atoms with van der Waals surface area (Å²) in [6.45, 7) is 0.270. The zero-order chi connectivity index (χ0) is 13.1. The highest BCUT2D eigenvalue weighted by Gasteiger charge is 2.12. The molecule has 3 N–H and O–H groups in total. The summed E-state index contributed by atoms with van der Waals surface area (Å²) in [4.78, 5) is 11.9. The first-order valence-electron chi connectivity index (χ1n) is 5.15. The van der Waals surface area contributed by atoms with Crippen LogP contribution in [-0.2, 0) is 6.54 Å². The monoisotopic (exact) mass is 376 g/mol. The molecule has 0 atom stereocenters. The van der Waals surface area contributed by atoms with Crippen LogP contribution in [0.3, 0.4) is 0 Å². The number of furan rings is 1. The summed E-state index contributed by atoms with van der Waals surface area (Å²) in [5, 5.41) is 3.38. The average Bonchev–Trinajstić information content (AvgIpc) is 2.81. The molecule has 0 unspecified atom stereocenters. The first kappa shape index (κ1) is 13.4. The van der Waals surface area contributed by atoms with Crippen LogP contribution < -0.4 is 11.1 Å². The second-order valence-corrected chi connectivity index (χ2v) is 5.15. The van der Waals surface area contributed by atoms with Crippen molar-refractivity contribution in [2.75, 3.05) is 5.32 Å². The standard InChI is InChI=1S/C12H10ClIN2O2/c13-7-1-3-10(9(14)5-7)16-12(17)11-4-2-8(6-15)18-11/h1-5H,6,15H2,(H,16,17). The summed E-state index contributed by atoms with van der Waals surface area (Å²) in [6.07, 6.45) is 0. The van der Waals surface area contributed by atoms with Gasteiger partial charge in [0.15, 0.2) is 5.76 Å². The number of halogens is 2. The van der Waals surface area contributed by atoms with Crippen molar-refractivity contribution >= 4 is 45.8 Å². The number of hydrogen-bond acceptors (Lipinski definition) is 3. The molecule has 0 aliphatic rings. The Morgan fingerprint density at radius 1 is 1.39 bits per heavy atom. The minimum absolute atomic E-state index is 0.237. The van der Waals surface area contributed by atoms with Crippen molar-refractivity contribution in [2.45, 2.75) is 6.54 Å². The van der Waals surface area contributed by atoms with E-state index in [2.05, 4.69) is 27.9 Å². The number of benzene rings is 1. The normalized spacial score (nSPS) is 10.4. The van der Waals surface area contributed by atoms with Gasteiger partial charge in [-0.3, -0.25) is 4.79 Å². The molecule has 0 saturated carbocycles. The van der Waals surface area contributed by atoms with Crippen molar-refractivity contribution in [1.29, 1.82) is 0 Å². The van der Waals surface area contributed by atoms with E-state index < -0.39 is 0 Å². The third-order valence-corrected chi connectivity index (χ3v) is 3.39. The lowest BCUT2D eigenvalue weighted by Gasteiger charge is -2.06. The first-order chi connectivity index (χ1) is 8.60. The van der Waals surface area contributed by atoms with Crippen LogP contribution in [0.4, 0.5) is 5.69 Å². The predicted molar refractivity (Wildman–Crippen MR) is 78.7 cm³/mol. The molecule has 0 spiro atoms. The molecule has 0 fully saturated rings. The van der Waals surface area contributed by atoms with Crippen LogP contribution in [0.2, 0.25) is 5.02 Å². The Hall–Kier alpha value is -1.05. The second kappa shape index (κ2) is 5.73. The van der Waals surface area contributed by atoms with Crippen molar-refractivity contribution in [3.05, 3.63) is 50.4 Å². The molecule has 1 amide bonds. The Bertz CT molecular complexity index is 583. The second-order valence-electron chi connectivity index (χ2n) is 3.55. The molecular formula is C12H10ClIN2O2. The summed E-state index contributed by atoms with van der Waals surface area (Å²) in [6, 6.07) is 8.51. The molecule has 18 heavy (non-hydrogen) atoms. The fourth-order valence-corrected chi connectivity index (χ4v) is 2.39. The maximum absolute atomic E-state index is 11.9. The number of anilines is 1. The van der Waals surface area contributed by atoms with E-state index in [0.29, 0.717) is 16.5 Å². The van der Waals surface area contributed by atoms with Gasteiger partial charge in [0.1, 0.15) is 5.76 Å². The lowest BCUT2D eigenvalue weighted by Crippen LogP contribution is -2.11. The molecule has 1 aromatic heterocycles. The topological polar surface area (TPSA) is 68.3 Å². The minimum atomic E-state index is -0.310. The summed E-state index contributed by atoms with van der Waals surface area (Å²) >= 11 is 7.94. The molecule has 4 nitrogen and oxygen atoms in total. The molecule has 0 radical (unpaired) electrons. The fraction of sp³-hybridized carbons (Fsp3) is 0.0833. The molecule has 2 rings (SSSR count). The maximum Gasteiger partial charge on any atom is 0.291 e. The highest BCUT2D eigenvalue weighted by atomic mass is 127. The number of hydrogen-bond donors (Lipinski definition) is 2. The van der Waals surface area contributed by atoms with Crippen molar-refractivity contribution in [1.82, 2.24) is 0 Å². The van der Waals surface area contributed by atoms with E-state index >= 15 is 0 Å². The van der Waals surface area contributed by atoms with Gasteiger partial charge in [-0.25, -0.2) is 0 Å². The maximum atomic E-state index is 11.9. The minimum Gasteiger partial charge on any atom is -0.455 e. The van der Waals surface area contributed by atoms with Crippen LogP contribution in [0, 0.1) is 3.57 Å². The SMILES string of the molecule is NCc1ccc(C(=O)Nc2ccc(Cl)cc2I)o1. The quantitative estimate of drug-likeness (QED) is 0.808. The van der Waals surface area contributed by atoms with Crippen molar-refractivity contribution in [2.24, 2.45) is 5.73 Å². The third-order valence-electron chi connectivity index (χ3n) is 2.27. The van der Waals surface area contributed by atoms with Crippen LogP contribution in [0.1, 0.15) is 16.3 Å². The van der Waals surface area contributed by atoms with E-state index in [0.717, 1.165) is 3.57 Å². The average molecular weight is 377 g/mol. The van der Waals surface area contributed by atoms with Gasteiger partial charge in [0.2, 0.25) is 0 Å². The number of nitrogens with one attached hydrogen (secondary N) is 1. The van der Waals surface area contributed by atoms with E-state index in [1.807, 2.05) is 0 Å². The van der Waals surface area contributed by atoms with Gasteiger partial charge in [0.25, 0.3) is 5.91 Å².